The molecule has 98 valence electrons. The van der Waals surface area contributed by atoms with Crippen molar-refractivity contribution < 1.29 is 0 Å². The van der Waals surface area contributed by atoms with Crippen LogP contribution in [0.5, 0.6) is 0 Å². The Morgan fingerprint density at radius 1 is 1.26 bits per heavy atom. The third-order valence-electron chi connectivity index (χ3n) is 3.41. The topological polar surface area (TPSA) is 56.7 Å². The SMILES string of the molecule is CC1CC(N)c2nc(/C=C/c3ccccc3)nn2C1. The van der Waals surface area contributed by atoms with Crippen molar-refractivity contribution in [2.24, 2.45) is 11.7 Å². The molecule has 2 heterocycles. The van der Waals surface area contributed by atoms with Crippen molar-refractivity contribution in [3.63, 3.8) is 0 Å². The van der Waals surface area contributed by atoms with Crippen LogP contribution in [0.4, 0.5) is 0 Å². The number of fused-ring (bicyclic) bond motifs is 1. The molecule has 0 fully saturated rings. The average Bonchev–Trinajstić information content (AvgIpc) is 2.81. The summed E-state index contributed by atoms with van der Waals surface area (Å²) in [6.45, 7) is 3.11. The van der Waals surface area contributed by atoms with Crippen LogP contribution in [-0.2, 0) is 6.54 Å². The molecule has 0 aliphatic carbocycles. The number of benzene rings is 1. The Labute approximate surface area is 113 Å². The van der Waals surface area contributed by atoms with Gasteiger partial charge in [-0.1, -0.05) is 43.3 Å². The van der Waals surface area contributed by atoms with Crippen LogP contribution in [0.3, 0.4) is 0 Å². The molecular weight excluding hydrogens is 236 g/mol. The van der Waals surface area contributed by atoms with Gasteiger partial charge in [0.25, 0.3) is 0 Å². The highest BCUT2D eigenvalue weighted by molar-refractivity contribution is 5.66. The molecule has 1 aliphatic rings. The second-order valence-electron chi connectivity index (χ2n) is 5.20. The minimum Gasteiger partial charge on any atom is -0.321 e. The predicted molar refractivity (Wildman–Crippen MR) is 76.1 cm³/mol. The molecule has 4 heteroatoms. The summed E-state index contributed by atoms with van der Waals surface area (Å²) in [5, 5.41) is 4.51. The summed E-state index contributed by atoms with van der Waals surface area (Å²) in [5.41, 5.74) is 7.26. The van der Waals surface area contributed by atoms with E-state index in [1.165, 1.54) is 0 Å². The van der Waals surface area contributed by atoms with Gasteiger partial charge in [0, 0.05) is 6.54 Å². The van der Waals surface area contributed by atoms with Crippen molar-refractivity contribution in [3.05, 3.63) is 47.5 Å². The molecule has 2 atom stereocenters. The van der Waals surface area contributed by atoms with Crippen LogP contribution in [0.1, 0.15) is 36.6 Å². The zero-order chi connectivity index (χ0) is 13.2. The molecule has 1 aliphatic heterocycles. The van der Waals surface area contributed by atoms with E-state index in [0.717, 1.165) is 30.2 Å². The summed E-state index contributed by atoms with van der Waals surface area (Å²) in [4.78, 5) is 4.52. The smallest absolute Gasteiger partial charge is 0.174 e. The number of rotatable bonds is 2. The molecule has 19 heavy (non-hydrogen) atoms. The average molecular weight is 254 g/mol. The van der Waals surface area contributed by atoms with Crippen LogP contribution < -0.4 is 5.73 Å². The lowest BCUT2D eigenvalue weighted by Gasteiger charge is -2.23. The molecule has 4 nitrogen and oxygen atoms in total. The van der Waals surface area contributed by atoms with Gasteiger partial charge < -0.3 is 5.73 Å². The number of hydrogen-bond acceptors (Lipinski definition) is 3. The molecule has 1 aromatic carbocycles. The lowest BCUT2D eigenvalue weighted by atomic mass is 9.98. The molecule has 2 unspecified atom stereocenters. The Morgan fingerprint density at radius 3 is 2.84 bits per heavy atom. The van der Waals surface area contributed by atoms with Crippen LogP contribution in [0, 0.1) is 5.92 Å². The maximum Gasteiger partial charge on any atom is 0.174 e. The number of aromatic nitrogens is 3. The normalized spacial score (nSPS) is 22.6. The molecule has 1 aromatic heterocycles. The third kappa shape index (κ3) is 2.58. The summed E-state index contributed by atoms with van der Waals surface area (Å²) in [5.74, 6) is 2.21. The molecule has 3 rings (SSSR count). The van der Waals surface area contributed by atoms with Gasteiger partial charge in [-0.15, -0.1) is 0 Å². The number of nitrogens with two attached hydrogens (primary N) is 1. The van der Waals surface area contributed by atoms with Crippen molar-refractivity contribution >= 4 is 12.2 Å². The van der Waals surface area contributed by atoms with Gasteiger partial charge >= 0.3 is 0 Å². The van der Waals surface area contributed by atoms with E-state index < -0.39 is 0 Å². The number of hydrogen-bond donors (Lipinski definition) is 1. The van der Waals surface area contributed by atoms with Gasteiger partial charge in [0.05, 0.1) is 6.04 Å². The standard InChI is InChI=1S/C15H18N4/c1-11-9-13(16)15-17-14(18-19(15)10-11)8-7-12-5-3-2-4-6-12/h2-8,11,13H,9-10,16H2,1H3/b8-7+. The van der Waals surface area contributed by atoms with E-state index in [0.29, 0.717) is 5.92 Å². The van der Waals surface area contributed by atoms with Gasteiger partial charge in [0.2, 0.25) is 0 Å². The molecular formula is C15H18N4. The van der Waals surface area contributed by atoms with E-state index in [1.54, 1.807) is 0 Å². The van der Waals surface area contributed by atoms with Crippen LogP contribution in [0.15, 0.2) is 30.3 Å². The molecule has 0 bridgehead atoms. The maximum atomic E-state index is 6.11. The number of nitrogens with zero attached hydrogens (tertiary/aromatic N) is 3. The first-order chi connectivity index (χ1) is 9.22. The third-order valence-corrected chi connectivity index (χ3v) is 3.41. The van der Waals surface area contributed by atoms with Crippen molar-refractivity contribution in [2.75, 3.05) is 0 Å². The highest BCUT2D eigenvalue weighted by Gasteiger charge is 2.24. The summed E-state index contributed by atoms with van der Waals surface area (Å²) in [6.07, 6.45) is 4.95. The fraction of sp³-hybridized carbons (Fsp3) is 0.333. The van der Waals surface area contributed by atoms with Gasteiger partial charge in [0.1, 0.15) is 5.82 Å². The van der Waals surface area contributed by atoms with Gasteiger partial charge in [-0.3, -0.25) is 0 Å². The van der Waals surface area contributed by atoms with Crippen molar-refractivity contribution in [2.45, 2.75) is 25.9 Å². The van der Waals surface area contributed by atoms with E-state index in [1.807, 2.05) is 35.0 Å². The first kappa shape index (κ1) is 12.1. The van der Waals surface area contributed by atoms with E-state index in [9.17, 15) is 0 Å². The van der Waals surface area contributed by atoms with Gasteiger partial charge in [-0.2, -0.15) is 5.10 Å². The van der Waals surface area contributed by atoms with Gasteiger partial charge in [-0.05, 0) is 24.0 Å². The predicted octanol–water partition coefficient (Wildman–Crippen LogP) is 2.49. The molecule has 2 aromatic rings. The van der Waals surface area contributed by atoms with Crippen molar-refractivity contribution in [1.82, 2.24) is 14.8 Å². The molecule has 0 saturated heterocycles. The van der Waals surface area contributed by atoms with Crippen molar-refractivity contribution in [3.8, 4) is 0 Å². The second kappa shape index (κ2) is 4.97. The van der Waals surface area contributed by atoms with Crippen LogP contribution in [0.2, 0.25) is 0 Å². The monoisotopic (exact) mass is 254 g/mol. The highest BCUT2D eigenvalue weighted by Crippen LogP contribution is 2.25. The lowest BCUT2D eigenvalue weighted by molar-refractivity contribution is 0.325. The summed E-state index contributed by atoms with van der Waals surface area (Å²) in [7, 11) is 0. The minimum absolute atomic E-state index is 0.00938. The van der Waals surface area contributed by atoms with Crippen LogP contribution in [-0.4, -0.2) is 14.8 Å². The zero-order valence-corrected chi connectivity index (χ0v) is 11.0. The zero-order valence-electron chi connectivity index (χ0n) is 11.0. The molecule has 0 amide bonds. The highest BCUT2D eigenvalue weighted by atomic mass is 15.4. The maximum absolute atomic E-state index is 6.11. The first-order valence-corrected chi connectivity index (χ1v) is 6.66. The fourth-order valence-corrected chi connectivity index (χ4v) is 2.50. The van der Waals surface area contributed by atoms with E-state index in [2.05, 4.69) is 29.1 Å². The van der Waals surface area contributed by atoms with E-state index in [-0.39, 0.29) is 6.04 Å². The molecule has 0 radical (unpaired) electrons. The summed E-state index contributed by atoms with van der Waals surface area (Å²) >= 11 is 0. The second-order valence-corrected chi connectivity index (χ2v) is 5.20. The Bertz CT molecular complexity index is 585. The summed E-state index contributed by atoms with van der Waals surface area (Å²) < 4.78 is 1.95. The largest absolute Gasteiger partial charge is 0.321 e. The fourth-order valence-electron chi connectivity index (χ4n) is 2.50. The quantitative estimate of drug-likeness (QED) is 0.895. The molecule has 2 N–H and O–H groups in total. The van der Waals surface area contributed by atoms with Crippen molar-refractivity contribution in [1.29, 1.82) is 0 Å². The Morgan fingerprint density at radius 2 is 2.05 bits per heavy atom. The molecule has 0 saturated carbocycles. The van der Waals surface area contributed by atoms with Gasteiger partial charge in [0.15, 0.2) is 5.82 Å². The van der Waals surface area contributed by atoms with Crippen LogP contribution >= 0.6 is 0 Å². The minimum atomic E-state index is 0.00938. The lowest BCUT2D eigenvalue weighted by Crippen LogP contribution is -2.27. The molecule has 0 spiro atoms. The first-order valence-electron chi connectivity index (χ1n) is 6.66. The van der Waals surface area contributed by atoms with E-state index >= 15 is 0 Å². The van der Waals surface area contributed by atoms with E-state index in [4.69, 9.17) is 5.73 Å². The summed E-state index contributed by atoms with van der Waals surface area (Å²) in [6, 6.07) is 10.2. The van der Waals surface area contributed by atoms with Crippen LogP contribution in [0.25, 0.3) is 12.2 Å². The van der Waals surface area contributed by atoms with Gasteiger partial charge in [-0.25, -0.2) is 9.67 Å². The Balaban J connectivity index is 1.84. The Kier molecular flexibility index (Phi) is 3.17. The Hall–Kier alpha value is -1.94.